The van der Waals surface area contributed by atoms with E-state index in [0.717, 1.165) is 5.75 Å². The molecule has 94 valence electrons. The maximum Gasteiger partial charge on any atom is 0.128 e. The number of hydrogen-bond acceptors (Lipinski definition) is 2. The van der Waals surface area contributed by atoms with E-state index in [1.807, 2.05) is 36.4 Å². The molecule has 0 amide bonds. The van der Waals surface area contributed by atoms with Crippen LogP contribution in [0.3, 0.4) is 0 Å². The molecule has 2 nitrogen and oxygen atoms in total. The first kappa shape index (κ1) is 13.5. The maximum absolute atomic E-state index is 9.01. The Morgan fingerprint density at radius 3 is 2.26 bits per heavy atom. The molecule has 4 heteroatoms. The van der Waals surface area contributed by atoms with Gasteiger partial charge in [-0.1, -0.05) is 53.5 Å². The Morgan fingerprint density at radius 1 is 0.947 bits per heavy atom. The fourth-order valence-corrected chi connectivity index (χ4v) is 1.86. The number of allylic oxidation sites excluding steroid dienone is 1. The molecular formula is C15H9Cl2NO. The number of halogens is 2. The molecule has 19 heavy (non-hydrogen) atoms. The lowest BCUT2D eigenvalue weighted by Crippen LogP contribution is -1.87. The fourth-order valence-electron chi connectivity index (χ4n) is 1.56. The van der Waals surface area contributed by atoms with E-state index in [-0.39, 0.29) is 10.1 Å². The van der Waals surface area contributed by atoms with Crippen LogP contribution in [0.1, 0.15) is 5.56 Å². The highest BCUT2D eigenvalue weighted by Gasteiger charge is 2.07. The van der Waals surface area contributed by atoms with Crippen LogP contribution >= 0.6 is 23.2 Å². The van der Waals surface area contributed by atoms with E-state index in [0.29, 0.717) is 11.3 Å². The van der Waals surface area contributed by atoms with Crippen molar-refractivity contribution >= 4 is 28.8 Å². The van der Waals surface area contributed by atoms with Gasteiger partial charge in [0, 0.05) is 0 Å². The summed E-state index contributed by atoms with van der Waals surface area (Å²) >= 11 is 11.3. The summed E-state index contributed by atoms with van der Waals surface area (Å²) in [5.74, 6) is 1.34. The minimum Gasteiger partial charge on any atom is -0.457 e. The molecule has 0 N–H and O–H groups in total. The van der Waals surface area contributed by atoms with Crippen molar-refractivity contribution in [2.75, 3.05) is 0 Å². The lowest BCUT2D eigenvalue weighted by Gasteiger charge is -2.07. The van der Waals surface area contributed by atoms with E-state index in [2.05, 4.69) is 0 Å². The number of nitriles is 1. The van der Waals surface area contributed by atoms with E-state index in [9.17, 15) is 0 Å². The van der Waals surface area contributed by atoms with Crippen molar-refractivity contribution in [1.29, 1.82) is 5.26 Å². The highest BCUT2D eigenvalue weighted by Crippen LogP contribution is 2.28. The van der Waals surface area contributed by atoms with Crippen LogP contribution in [0.5, 0.6) is 11.5 Å². The van der Waals surface area contributed by atoms with Crippen LogP contribution in [0.4, 0.5) is 0 Å². The zero-order chi connectivity index (χ0) is 13.7. The van der Waals surface area contributed by atoms with Gasteiger partial charge in [0.1, 0.15) is 22.1 Å². The molecule has 0 fully saturated rings. The van der Waals surface area contributed by atoms with E-state index >= 15 is 0 Å². The summed E-state index contributed by atoms with van der Waals surface area (Å²) in [7, 11) is 0. The summed E-state index contributed by atoms with van der Waals surface area (Å²) in [4.78, 5) is 0. The van der Waals surface area contributed by atoms with Crippen molar-refractivity contribution in [2.24, 2.45) is 0 Å². The van der Waals surface area contributed by atoms with Gasteiger partial charge in [-0.05, 0) is 29.8 Å². The van der Waals surface area contributed by atoms with Gasteiger partial charge in [-0.25, -0.2) is 0 Å². The smallest absolute Gasteiger partial charge is 0.128 e. The number of rotatable bonds is 3. The molecular weight excluding hydrogens is 281 g/mol. The van der Waals surface area contributed by atoms with E-state index < -0.39 is 0 Å². The van der Waals surface area contributed by atoms with Crippen LogP contribution in [0.25, 0.3) is 5.57 Å². The van der Waals surface area contributed by atoms with Crippen molar-refractivity contribution in [1.82, 2.24) is 0 Å². The molecule has 0 bridgehead atoms. The first-order chi connectivity index (χ1) is 9.20. The van der Waals surface area contributed by atoms with Gasteiger partial charge in [0.25, 0.3) is 0 Å². The second kappa shape index (κ2) is 6.29. The molecule has 0 heterocycles. The number of nitrogens with zero attached hydrogens (tertiary/aromatic N) is 1. The highest BCUT2D eigenvalue weighted by atomic mass is 35.5. The minimum absolute atomic E-state index is 0.0561. The zero-order valence-corrected chi connectivity index (χ0v) is 11.3. The average molecular weight is 290 g/mol. The Bertz CT molecular complexity index is 641. The van der Waals surface area contributed by atoms with E-state index in [1.165, 1.54) is 0 Å². The Balaban J connectivity index is 2.31. The lowest BCUT2D eigenvalue weighted by molar-refractivity contribution is 0.482. The number of para-hydroxylation sites is 1. The summed E-state index contributed by atoms with van der Waals surface area (Å²) < 4.78 is 5.62. The van der Waals surface area contributed by atoms with Crippen LogP contribution in [-0.4, -0.2) is 0 Å². The summed E-state index contributed by atoms with van der Waals surface area (Å²) in [6, 6.07) is 18.4. The van der Waals surface area contributed by atoms with Gasteiger partial charge in [0.05, 0.1) is 5.57 Å². The van der Waals surface area contributed by atoms with Gasteiger partial charge in [0.2, 0.25) is 0 Å². The summed E-state index contributed by atoms with van der Waals surface area (Å²) in [5.41, 5.74) is 0.845. The van der Waals surface area contributed by atoms with Crippen LogP contribution in [0.2, 0.25) is 0 Å². The third-order valence-corrected chi connectivity index (χ3v) is 2.78. The van der Waals surface area contributed by atoms with Crippen molar-refractivity contribution in [2.45, 2.75) is 0 Å². The molecule has 2 aromatic carbocycles. The monoisotopic (exact) mass is 289 g/mol. The predicted octanol–water partition coefficient (Wildman–Crippen LogP) is 5.15. The van der Waals surface area contributed by atoms with Crippen molar-refractivity contribution in [3.8, 4) is 17.6 Å². The molecule has 0 aliphatic carbocycles. The Kier molecular flexibility index (Phi) is 4.46. The van der Waals surface area contributed by atoms with Crippen LogP contribution in [0.15, 0.2) is 59.1 Å². The minimum atomic E-state index is -0.0561. The largest absolute Gasteiger partial charge is 0.457 e. The third kappa shape index (κ3) is 3.51. The van der Waals surface area contributed by atoms with Crippen LogP contribution in [-0.2, 0) is 0 Å². The lowest BCUT2D eigenvalue weighted by atomic mass is 10.1. The van der Waals surface area contributed by atoms with Gasteiger partial charge in [0.15, 0.2) is 0 Å². The maximum atomic E-state index is 9.01. The summed E-state index contributed by atoms with van der Waals surface area (Å²) in [6.45, 7) is 0. The Hall–Kier alpha value is -1.95. The molecule has 2 aromatic rings. The number of ether oxygens (including phenoxy) is 1. The normalized spacial score (nSPS) is 9.53. The van der Waals surface area contributed by atoms with Gasteiger partial charge < -0.3 is 4.74 Å². The summed E-state index contributed by atoms with van der Waals surface area (Å²) in [6.07, 6.45) is 0. The molecule has 0 saturated heterocycles. The molecule has 0 unspecified atom stereocenters. The average Bonchev–Trinajstić information content (AvgIpc) is 2.41. The predicted molar refractivity (Wildman–Crippen MR) is 77.2 cm³/mol. The van der Waals surface area contributed by atoms with Crippen LogP contribution in [0, 0.1) is 11.3 Å². The van der Waals surface area contributed by atoms with Crippen molar-refractivity contribution in [3.05, 3.63) is 64.7 Å². The van der Waals surface area contributed by atoms with E-state index in [4.69, 9.17) is 33.2 Å². The topological polar surface area (TPSA) is 33.0 Å². The molecule has 0 aliphatic rings. The number of hydrogen-bond donors (Lipinski definition) is 0. The molecule has 0 saturated carbocycles. The molecule has 0 atom stereocenters. The first-order valence-electron chi connectivity index (χ1n) is 5.49. The molecule has 2 rings (SSSR count). The second-order valence-electron chi connectivity index (χ2n) is 3.69. The van der Waals surface area contributed by atoms with Gasteiger partial charge in [-0.2, -0.15) is 5.26 Å². The quantitative estimate of drug-likeness (QED) is 0.732. The number of benzene rings is 2. The Morgan fingerprint density at radius 2 is 1.63 bits per heavy atom. The molecule has 0 aliphatic heterocycles. The summed E-state index contributed by atoms with van der Waals surface area (Å²) in [5, 5.41) is 9.01. The standard InChI is InChI=1S/C15H9Cl2NO/c16-15(17)14(10-18)11-5-4-8-13(9-11)19-12-6-2-1-3-7-12/h1-9H. The van der Waals surface area contributed by atoms with Crippen LogP contribution < -0.4 is 4.74 Å². The highest BCUT2D eigenvalue weighted by molar-refractivity contribution is 6.59. The van der Waals surface area contributed by atoms with Gasteiger partial charge in [-0.15, -0.1) is 0 Å². The molecule has 0 radical (unpaired) electrons. The third-order valence-electron chi connectivity index (χ3n) is 2.40. The SMILES string of the molecule is N#CC(=C(Cl)Cl)c1cccc(Oc2ccccc2)c1. The second-order valence-corrected chi connectivity index (χ2v) is 4.64. The Labute approximate surface area is 121 Å². The van der Waals surface area contributed by atoms with Crippen molar-refractivity contribution in [3.63, 3.8) is 0 Å². The van der Waals surface area contributed by atoms with Gasteiger partial charge >= 0.3 is 0 Å². The van der Waals surface area contributed by atoms with E-state index in [1.54, 1.807) is 24.3 Å². The van der Waals surface area contributed by atoms with Crippen molar-refractivity contribution < 1.29 is 4.74 Å². The van der Waals surface area contributed by atoms with Gasteiger partial charge in [-0.3, -0.25) is 0 Å². The molecule has 0 aromatic heterocycles. The fraction of sp³-hybridized carbons (Fsp3) is 0. The zero-order valence-electron chi connectivity index (χ0n) is 9.81. The first-order valence-corrected chi connectivity index (χ1v) is 6.25. The molecule has 0 spiro atoms.